The third-order valence-corrected chi connectivity index (χ3v) is 7.77. The van der Waals surface area contributed by atoms with Gasteiger partial charge in [-0.25, -0.2) is 21.9 Å². The lowest BCUT2D eigenvalue weighted by atomic mass is 10.00. The van der Waals surface area contributed by atoms with Crippen molar-refractivity contribution in [2.75, 3.05) is 17.0 Å². The first-order valence-corrected chi connectivity index (χ1v) is 14.4. The van der Waals surface area contributed by atoms with Gasteiger partial charge in [-0.05, 0) is 60.4 Å². The van der Waals surface area contributed by atoms with Crippen LogP contribution in [-0.4, -0.2) is 48.9 Å². The highest BCUT2D eigenvalue weighted by molar-refractivity contribution is 7.92. The first-order valence-electron chi connectivity index (χ1n) is 12.8. The number of nitrogens with zero attached hydrogens (tertiary/aromatic N) is 1. The molecule has 1 aromatic heterocycles. The number of sulfonamides is 1. The minimum absolute atomic E-state index is 0.0505. The summed E-state index contributed by atoms with van der Waals surface area (Å²) in [5.41, 5.74) is 2.22. The van der Waals surface area contributed by atoms with Crippen LogP contribution in [0.4, 0.5) is 14.8 Å². The van der Waals surface area contributed by atoms with E-state index in [1.807, 2.05) is 18.2 Å². The average Bonchev–Trinajstić information content (AvgIpc) is 3.55. The molecule has 9 nitrogen and oxygen atoms in total. The van der Waals surface area contributed by atoms with E-state index < -0.39 is 39.7 Å². The van der Waals surface area contributed by atoms with Crippen LogP contribution in [0.15, 0.2) is 53.1 Å². The Bertz CT molecular complexity index is 1370. The summed E-state index contributed by atoms with van der Waals surface area (Å²) in [5.74, 6) is -2.25. The number of hydrogen-bond donors (Lipinski definition) is 4. The molecule has 4 N–H and O–H groups in total. The van der Waals surface area contributed by atoms with Crippen LogP contribution in [0.5, 0.6) is 0 Å². The number of halogens is 2. The largest absolute Gasteiger partial charge is 0.431 e. The van der Waals surface area contributed by atoms with Gasteiger partial charge in [0.05, 0.1) is 17.9 Å². The van der Waals surface area contributed by atoms with Crippen LogP contribution in [0.25, 0.3) is 0 Å². The van der Waals surface area contributed by atoms with Crippen molar-refractivity contribution in [2.45, 2.75) is 51.3 Å². The van der Waals surface area contributed by atoms with Gasteiger partial charge in [0.1, 0.15) is 17.9 Å². The number of rotatable bonds is 14. The number of carbonyl (C=O) groups is 1. The molecule has 1 heterocycles. The molecule has 1 amide bonds. The van der Waals surface area contributed by atoms with Gasteiger partial charge >= 0.3 is 6.01 Å². The van der Waals surface area contributed by atoms with Gasteiger partial charge in [-0.1, -0.05) is 31.2 Å². The van der Waals surface area contributed by atoms with E-state index in [4.69, 9.17) is 4.42 Å². The maximum absolute atomic E-state index is 13.8. The zero-order valence-electron chi connectivity index (χ0n) is 21.5. The molecule has 0 spiro atoms. The molecule has 1 aliphatic rings. The Morgan fingerprint density at radius 1 is 1.13 bits per heavy atom. The van der Waals surface area contributed by atoms with Crippen molar-refractivity contribution >= 4 is 21.9 Å². The van der Waals surface area contributed by atoms with E-state index in [1.165, 1.54) is 5.56 Å². The summed E-state index contributed by atoms with van der Waals surface area (Å²) >= 11 is 0. The monoisotopic (exact) mass is 562 g/mol. The molecule has 0 bridgehead atoms. The number of oxazole rings is 1. The topological polar surface area (TPSA) is 134 Å². The standard InChI is InChI=1S/C27H32F2N4O5S/c1-2-17-4-3-5-19(8-17)13-30-14-25(34)23(11-20-9-21(28)12-22(29)10-20)31-26(35)24-15-38-27(32-24)33-39(36,37)16-18-6-7-18/h3-5,8-10,12,15,18,23,25,30,34H,2,6-7,11,13-14,16H2,1H3,(H,31,35)(H,32,33)/t23-,25+/m0/s1. The second-order valence-electron chi connectivity index (χ2n) is 9.80. The Hall–Kier alpha value is -3.35. The van der Waals surface area contributed by atoms with Crippen LogP contribution in [0.2, 0.25) is 0 Å². The summed E-state index contributed by atoms with van der Waals surface area (Å²) < 4.78 is 59.3. The molecular weight excluding hydrogens is 530 g/mol. The summed E-state index contributed by atoms with van der Waals surface area (Å²) in [4.78, 5) is 16.8. The maximum atomic E-state index is 13.8. The molecule has 12 heteroatoms. The highest BCUT2D eigenvalue weighted by Crippen LogP contribution is 2.30. The van der Waals surface area contributed by atoms with Crippen LogP contribution in [0.3, 0.4) is 0 Å². The second kappa shape index (κ2) is 12.7. The number of anilines is 1. The van der Waals surface area contributed by atoms with Crippen molar-refractivity contribution in [2.24, 2.45) is 5.92 Å². The SMILES string of the molecule is CCc1cccc(CNC[C@@H](O)[C@H](Cc2cc(F)cc(F)c2)NC(=O)c2coc(NS(=O)(=O)CC3CC3)n2)c1. The molecule has 0 saturated heterocycles. The molecule has 0 aliphatic heterocycles. The van der Waals surface area contributed by atoms with Crippen molar-refractivity contribution in [3.63, 3.8) is 0 Å². The van der Waals surface area contributed by atoms with Crippen LogP contribution in [0, 0.1) is 17.6 Å². The number of aliphatic hydroxyl groups excluding tert-OH is 1. The van der Waals surface area contributed by atoms with E-state index in [1.54, 1.807) is 0 Å². The van der Waals surface area contributed by atoms with Crippen molar-refractivity contribution in [3.05, 3.63) is 82.7 Å². The maximum Gasteiger partial charge on any atom is 0.309 e. The smallest absolute Gasteiger partial charge is 0.309 e. The Morgan fingerprint density at radius 2 is 1.85 bits per heavy atom. The van der Waals surface area contributed by atoms with E-state index in [-0.39, 0.29) is 41.9 Å². The van der Waals surface area contributed by atoms with Crippen LogP contribution >= 0.6 is 0 Å². The lowest BCUT2D eigenvalue weighted by Crippen LogP contribution is -2.48. The molecule has 1 fully saturated rings. The minimum Gasteiger partial charge on any atom is -0.431 e. The van der Waals surface area contributed by atoms with E-state index in [2.05, 4.69) is 33.3 Å². The van der Waals surface area contributed by atoms with Crippen LogP contribution < -0.4 is 15.4 Å². The molecule has 0 radical (unpaired) electrons. The molecule has 0 unspecified atom stereocenters. The molecule has 4 rings (SSSR count). The number of aromatic nitrogens is 1. The third kappa shape index (κ3) is 8.84. The Kier molecular flexibility index (Phi) is 9.31. The van der Waals surface area contributed by atoms with Crippen molar-refractivity contribution < 1.29 is 31.5 Å². The van der Waals surface area contributed by atoms with Crippen LogP contribution in [-0.2, 0) is 29.4 Å². The van der Waals surface area contributed by atoms with Crippen molar-refractivity contribution in [1.29, 1.82) is 0 Å². The first-order chi connectivity index (χ1) is 18.6. The van der Waals surface area contributed by atoms with Gasteiger partial charge in [0.2, 0.25) is 10.0 Å². The molecule has 210 valence electrons. The summed E-state index contributed by atoms with van der Waals surface area (Å²) in [5, 5.41) is 16.7. The summed E-state index contributed by atoms with van der Waals surface area (Å²) in [6.45, 7) is 2.60. The fourth-order valence-corrected chi connectivity index (χ4v) is 5.57. The highest BCUT2D eigenvalue weighted by atomic mass is 32.2. The fraction of sp³-hybridized carbons (Fsp3) is 0.407. The Balaban J connectivity index is 1.42. The Labute approximate surface area is 226 Å². The van der Waals surface area contributed by atoms with E-state index >= 15 is 0 Å². The van der Waals surface area contributed by atoms with Gasteiger partial charge < -0.3 is 20.2 Å². The highest BCUT2D eigenvalue weighted by Gasteiger charge is 2.29. The van der Waals surface area contributed by atoms with E-state index in [9.17, 15) is 27.1 Å². The van der Waals surface area contributed by atoms with Gasteiger partial charge in [-0.2, -0.15) is 4.98 Å². The number of amides is 1. The van der Waals surface area contributed by atoms with Gasteiger partial charge in [0, 0.05) is 19.2 Å². The Morgan fingerprint density at radius 3 is 2.54 bits per heavy atom. The molecule has 3 aromatic rings. The zero-order chi connectivity index (χ0) is 28.0. The third-order valence-electron chi connectivity index (χ3n) is 6.37. The average molecular weight is 563 g/mol. The molecular formula is C27H32F2N4O5S. The van der Waals surface area contributed by atoms with Crippen LogP contribution in [0.1, 0.15) is 46.9 Å². The quantitative estimate of drug-likeness (QED) is 0.237. The first kappa shape index (κ1) is 28.7. The summed E-state index contributed by atoms with van der Waals surface area (Å²) in [6, 6.07) is 9.66. The number of aliphatic hydroxyl groups is 1. The van der Waals surface area contributed by atoms with Gasteiger partial charge in [0.25, 0.3) is 5.91 Å². The number of benzene rings is 2. The second-order valence-corrected chi connectivity index (χ2v) is 11.6. The number of hydrogen-bond acceptors (Lipinski definition) is 7. The molecule has 1 aliphatic carbocycles. The lowest BCUT2D eigenvalue weighted by Gasteiger charge is -2.24. The minimum atomic E-state index is -3.66. The summed E-state index contributed by atoms with van der Waals surface area (Å²) in [7, 11) is -3.66. The molecule has 2 atom stereocenters. The molecule has 2 aromatic carbocycles. The normalized spacial score (nSPS) is 15.1. The van der Waals surface area contributed by atoms with Crippen molar-refractivity contribution in [1.82, 2.24) is 15.6 Å². The van der Waals surface area contributed by atoms with Crippen molar-refractivity contribution in [3.8, 4) is 0 Å². The van der Waals surface area contributed by atoms with Gasteiger partial charge in [-0.3, -0.25) is 4.79 Å². The van der Waals surface area contributed by atoms with Gasteiger partial charge in [0.15, 0.2) is 5.69 Å². The molecule has 39 heavy (non-hydrogen) atoms. The fourth-order valence-electron chi connectivity index (χ4n) is 4.17. The summed E-state index contributed by atoms with van der Waals surface area (Å²) in [6.07, 6.45) is 2.36. The number of aryl methyl sites for hydroxylation is 1. The number of carbonyl (C=O) groups excluding carboxylic acids is 1. The molecule has 1 saturated carbocycles. The number of nitrogens with one attached hydrogen (secondary N) is 3. The predicted molar refractivity (Wildman–Crippen MR) is 141 cm³/mol. The lowest BCUT2D eigenvalue weighted by molar-refractivity contribution is 0.0825. The zero-order valence-corrected chi connectivity index (χ0v) is 22.3. The predicted octanol–water partition coefficient (Wildman–Crippen LogP) is 3.16. The van der Waals surface area contributed by atoms with E-state index in [0.717, 1.165) is 49.3 Å². The van der Waals surface area contributed by atoms with Gasteiger partial charge in [-0.15, -0.1) is 0 Å². The van der Waals surface area contributed by atoms with E-state index in [0.29, 0.717) is 6.54 Å².